The van der Waals surface area contributed by atoms with Crippen molar-refractivity contribution in [3.05, 3.63) is 69.2 Å². The predicted molar refractivity (Wildman–Crippen MR) is 98.0 cm³/mol. The Morgan fingerprint density at radius 2 is 1.81 bits per heavy atom. The molecule has 2 aromatic carbocycles. The number of sulfonamides is 1. The highest BCUT2D eigenvalue weighted by Gasteiger charge is 2.31. The van der Waals surface area contributed by atoms with Crippen molar-refractivity contribution >= 4 is 27.3 Å². The number of anilines is 1. The van der Waals surface area contributed by atoms with Crippen molar-refractivity contribution in [2.24, 2.45) is 0 Å². The summed E-state index contributed by atoms with van der Waals surface area (Å²) in [6.45, 7) is 1.13. The molecule has 27 heavy (non-hydrogen) atoms. The van der Waals surface area contributed by atoms with E-state index in [-0.39, 0.29) is 24.3 Å². The molecule has 0 aliphatic heterocycles. The molecular weight excluding hydrogens is 402 g/mol. The van der Waals surface area contributed by atoms with Crippen molar-refractivity contribution in [3.63, 3.8) is 0 Å². The Kier molecular flexibility index (Phi) is 6.72. The van der Waals surface area contributed by atoms with Gasteiger partial charge in [0.2, 0.25) is 6.54 Å². The van der Waals surface area contributed by atoms with E-state index in [0.717, 1.165) is 22.5 Å². The lowest BCUT2D eigenvalue weighted by Crippen LogP contribution is -2.39. The fourth-order valence-electron chi connectivity index (χ4n) is 2.61. The van der Waals surface area contributed by atoms with E-state index in [4.69, 9.17) is 11.6 Å². The van der Waals surface area contributed by atoms with Gasteiger partial charge in [-0.1, -0.05) is 11.6 Å². The Hall–Kier alpha value is -2.26. The molecule has 0 saturated carbocycles. The Morgan fingerprint density at radius 1 is 1.19 bits per heavy atom. The molecule has 146 valence electrons. The second-order valence-corrected chi connectivity index (χ2v) is 8.15. The van der Waals surface area contributed by atoms with E-state index in [9.17, 15) is 27.3 Å². The summed E-state index contributed by atoms with van der Waals surface area (Å²) < 4.78 is 55.0. The number of hydrogen-bond acceptors (Lipinski definition) is 4. The van der Waals surface area contributed by atoms with Crippen LogP contribution < -0.4 is 4.31 Å². The van der Waals surface area contributed by atoms with Crippen LogP contribution in [0.4, 0.5) is 14.5 Å². The molecule has 2 aromatic rings. The van der Waals surface area contributed by atoms with E-state index in [1.54, 1.807) is 0 Å². The van der Waals surface area contributed by atoms with Gasteiger partial charge in [-0.3, -0.25) is 14.4 Å². The Labute approximate surface area is 160 Å². The molecule has 0 aliphatic rings. The summed E-state index contributed by atoms with van der Waals surface area (Å²) in [7, 11) is -4.26. The highest BCUT2D eigenvalue weighted by atomic mass is 35.5. The van der Waals surface area contributed by atoms with Gasteiger partial charge in [-0.15, -0.1) is 0 Å². The third-order valence-corrected chi connectivity index (χ3v) is 6.07. The first-order valence-electron chi connectivity index (χ1n) is 8.00. The van der Waals surface area contributed by atoms with E-state index >= 15 is 0 Å². The fraction of sp³-hybridized carbons (Fsp3) is 0.294. The average Bonchev–Trinajstić information content (AvgIpc) is 2.58. The smallest absolute Gasteiger partial charge is 0.264 e. The average molecular weight is 419 g/mol. The van der Waals surface area contributed by atoms with Gasteiger partial charge in [0.25, 0.3) is 10.0 Å². The third-order valence-electron chi connectivity index (χ3n) is 3.88. The van der Waals surface area contributed by atoms with Crippen LogP contribution in [0.5, 0.6) is 0 Å². The molecule has 10 heteroatoms. The summed E-state index contributed by atoms with van der Waals surface area (Å²) in [6, 6.07) is 6.89. The molecule has 2 rings (SSSR count). The van der Waals surface area contributed by atoms with Gasteiger partial charge < -0.3 is 0 Å². The first-order chi connectivity index (χ1) is 12.6. The topological polar surface area (TPSA) is 80.5 Å². The molecule has 0 amide bonds. The van der Waals surface area contributed by atoms with Crippen LogP contribution in [-0.4, -0.2) is 25.9 Å². The van der Waals surface area contributed by atoms with Gasteiger partial charge in [0.15, 0.2) is 0 Å². The number of halogens is 3. The normalized spacial score (nSPS) is 12.6. The summed E-state index contributed by atoms with van der Waals surface area (Å²) in [4.78, 5) is 9.85. The van der Waals surface area contributed by atoms with E-state index in [2.05, 4.69) is 0 Å². The zero-order valence-electron chi connectivity index (χ0n) is 14.3. The molecule has 0 radical (unpaired) electrons. The zero-order valence-corrected chi connectivity index (χ0v) is 15.9. The van der Waals surface area contributed by atoms with Crippen LogP contribution >= 0.6 is 11.6 Å². The Bertz CT molecular complexity index is 923. The van der Waals surface area contributed by atoms with Gasteiger partial charge in [0, 0.05) is 28.5 Å². The second-order valence-electron chi connectivity index (χ2n) is 5.90. The molecule has 0 spiro atoms. The maximum atomic E-state index is 14.3. The zero-order chi connectivity index (χ0) is 20.2. The number of rotatable bonds is 8. The van der Waals surface area contributed by atoms with E-state index < -0.39 is 38.3 Å². The summed E-state index contributed by atoms with van der Waals surface area (Å²) in [5, 5.41) is 10.8. The minimum absolute atomic E-state index is 0.0811. The summed E-state index contributed by atoms with van der Waals surface area (Å²) >= 11 is 5.78. The standard InChI is InChI=1S/C17H17ClF2N2O4S/c1-12(3-2-10-21(23)24)22(17-11-14(19)6-9-16(17)20)27(25,26)15-7-4-13(18)5-8-15/h4-9,11-12H,2-3,10H2,1H3. The number of nitro groups is 1. The van der Waals surface area contributed by atoms with Crippen molar-refractivity contribution in [2.45, 2.75) is 30.7 Å². The van der Waals surface area contributed by atoms with E-state index in [1.807, 2.05) is 0 Å². The van der Waals surface area contributed by atoms with Crippen LogP contribution in [0.3, 0.4) is 0 Å². The molecule has 1 unspecified atom stereocenters. The van der Waals surface area contributed by atoms with Gasteiger partial charge in [-0.2, -0.15) is 0 Å². The molecule has 0 heterocycles. The fourth-order valence-corrected chi connectivity index (χ4v) is 4.42. The SMILES string of the molecule is CC(CCC[N+](=O)[O-])N(c1cc(F)ccc1F)S(=O)(=O)c1ccc(Cl)cc1. The van der Waals surface area contributed by atoms with Crippen molar-refractivity contribution in [1.29, 1.82) is 0 Å². The number of nitrogens with zero attached hydrogens (tertiary/aromatic N) is 2. The molecule has 0 bridgehead atoms. The molecule has 6 nitrogen and oxygen atoms in total. The molecule has 0 aromatic heterocycles. The van der Waals surface area contributed by atoms with Crippen LogP contribution in [-0.2, 0) is 10.0 Å². The third kappa shape index (κ3) is 5.14. The number of benzene rings is 2. The van der Waals surface area contributed by atoms with E-state index in [0.29, 0.717) is 5.02 Å². The van der Waals surface area contributed by atoms with Crippen molar-refractivity contribution in [2.75, 3.05) is 10.8 Å². The van der Waals surface area contributed by atoms with Crippen LogP contribution in [0.1, 0.15) is 19.8 Å². The molecule has 1 atom stereocenters. The predicted octanol–water partition coefficient (Wildman–Crippen LogP) is 4.26. The second kappa shape index (κ2) is 8.62. The quantitative estimate of drug-likeness (QED) is 0.474. The first-order valence-corrected chi connectivity index (χ1v) is 9.81. The Balaban J connectivity index is 2.50. The van der Waals surface area contributed by atoms with Gasteiger partial charge in [-0.05, 0) is 49.7 Å². The Morgan fingerprint density at radius 3 is 2.41 bits per heavy atom. The van der Waals surface area contributed by atoms with Gasteiger partial charge >= 0.3 is 0 Å². The molecule has 0 saturated heterocycles. The minimum Gasteiger partial charge on any atom is -0.265 e. The summed E-state index contributed by atoms with van der Waals surface area (Å²) in [5.74, 6) is -1.73. The van der Waals surface area contributed by atoms with E-state index in [1.165, 1.54) is 31.2 Å². The monoisotopic (exact) mass is 418 g/mol. The first kappa shape index (κ1) is 21.0. The lowest BCUT2D eigenvalue weighted by Gasteiger charge is -2.30. The lowest BCUT2D eigenvalue weighted by atomic mass is 10.1. The lowest BCUT2D eigenvalue weighted by molar-refractivity contribution is -0.480. The highest BCUT2D eigenvalue weighted by molar-refractivity contribution is 7.92. The van der Waals surface area contributed by atoms with Gasteiger partial charge in [-0.25, -0.2) is 17.2 Å². The largest absolute Gasteiger partial charge is 0.265 e. The summed E-state index contributed by atoms with van der Waals surface area (Å²) in [6.07, 6.45) is 0.168. The van der Waals surface area contributed by atoms with Crippen molar-refractivity contribution in [1.82, 2.24) is 0 Å². The molecule has 0 aliphatic carbocycles. The summed E-state index contributed by atoms with van der Waals surface area (Å²) in [5.41, 5.74) is -0.460. The van der Waals surface area contributed by atoms with Crippen LogP contribution in [0.25, 0.3) is 0 Å². The van der Waals surface area contributed by atoms with Crippen LogP contribution in [0, 0.1) is 21.7 Å². The maximum absolute atomic E-state index is 14.3. The molecular formula is C17H17ClF2N2O4S. The van der Waals surface area contributed by atoms with Crippen molar-refractivity contribution in [3.8, 4) is 0 Å². The number of hydrogen-bond donors (Lipinski definition) is 0. The van der Waals surface area contributed by atoms with Crippen LogP contribution in [0.2, 0.25) is 5.02 Å². The maximum Gasteiger partial charge on any atom is 0.264 e. The molecule has 0 N–H and O–H groups in total. The minimum atomic E-state index is -4.26. The van der Waals surface area contributed by atoms with Crippen LogP contribution in [0.15, 0.2) is 47.4 Å². The van der Waals surface area contributed by atoms with Crippen molar-refractivity contribution < 1.29 is 22.1 Å². The van der Waals surface area contributed by atoms with Gasteiger partial charge in [0.05, 0.1) is 10.6 Å². The van der Waals surface area contributed by atoms with Gasteiger partial charge in [0.1, 0.15) is 11.6 Å². The highest BCUT2D eigenvalue weighted by Crippen LogP contribution is 2.31. The molecule has 0 fully saturated rings.